The summed E-state index contributed by atoms with van der Waals surface area (Å²) in [4.78, 5) is 8.85. The molecule has 0 saturated heterocycles. The van der Waals surface area contributed by atoms with E-state index in [4.69, 9.17) is 13.1 Å². The lowest BCUT2D eigenvalue weighted by atomic mass is 10.2. The Morgan fingerprint density at radius 1 is 1.14 bits per heavy atom. The van der Waals surface area contributed by atoms with Crippen LogP contribution in [-0.2, 0) is 6.54 Å². The van der Waals surface area contributed by atoms with E-state index in [0.717, 1.165) is 16.7 Å². The van der Waals surface area contributed by atoms with Gasteiger partial charge in [-0.05, 0) is 11.3 Å². The lowest BCUT2D eigenvalue weighted by molar-refractivity contribution is -0.745. The molecule has 0 radical (unpaired) electrons. The Hall–Kier alpha value is -2.44. The minimum absolute atomic E-state index is 0.426. The molecule has 0 aliphatic rings. The van der Waals surface area contributed by atoms with Crippen molar-refractivity contribution in [2.24, 2.45) is 0 Å². The summed E-state index contributed by atoms with van der Waals surface area (Å²) in [6.07, 6.45) is 0. The van der Waals surface area contributed by atoms with Gasteiger partial charge in [0.25, 0.3) is 10.1 Å². The molecule has 0 amide bonds. The minimum Gasteiger partial charge on any atom is -0.328 e. The normalized spacial score (nSPS) is 9.95. The van der Waals surface area contributed by atoms with Crippen LogP contribution < -0.4 is 9.58 Å². The monoisotopic (exact) mass is 312 g/mol. The number of hydrogen-bond acceptors (Lipinski definition) is 3. The van der Waals surface area contributed by atoms with Crippen LogP contribution >= 0.6 is 11.3 Å². The number of hydrogen-bond donors (Lipinski definition) is 0. The molecular formula is C16H18N5S+. The van der Waals surface area contributed by atoms with Crippen LogP contribution in [0.2, 0.25) is 0 Å². The van der Waals surface area contributed by atoms with E-state index in [0.29, 0.717) is 26.2 Å². The van der Waals surface area contributed by atoms with Crippen LogP contribution in [0.5, 0.6) is 0 Å². The maximum Gasteiger partial charge on any atom is 0.264 e. The highest BCUT2D eigenvalue weighted by Crippen LogP contribution is 2.18. The Morgan fingerprint density at radius 2 is 1.77 bits per heavy atom. The molecule has 0 fully saturated rings. The van der Waals surface area contributed by atoms with E-state index in [1.807, 2.05) is 34.7 Å². The van der Waals surface area contributed by atoms with Crippen molar-refractivity contribution in [2.75, 3.05) is 31.1 Å². The van der Waals surface area contributed by atoms with Gasteiger partial charge in [0.15, 0.2) is 0 Å². The first-order valence-corrected chi connectivity index (χ1v) is 7.89. The van der Waals surface area contributed by atoms with Crippen LogP contribution in [0.1, 0.15) is 10.6 Å². The summed E-state index contributed by atoms with van der Waals surface area (Å²) >= 11 is 1.61. The second-order valence-electron chi connectivity index (χ2n) is 4.80. The second kappa shape index (κ2) is 8.11. The van der Waals surface area contributed by atoms with Gasteiger partial charge in [-0.2, -0.15) is 0 Å². The quantitative estimate of drug-likeness (QED) is 0.580. The third-order valence-corrected chi connectivity index (χ3v) is 4.25. The fourth-order valence-corrected chi connectivity index (χ4v) is 2.98. The number of nitrogens with zero attached hydrogens (tertiary/aromatic N) is 5. The molecule has 0 N–H and O–H groups in total. The Kier molecular flexibility index (Phi) is 5.88. The number of rotatable bonds is 7. The highest BCUT2D eigenvalue weighted by molar-refractivity contribution is 7.14. The van der Waals surface area contributed by atoms with Crippen LogP contribution in [0, 0.1) is 20.1 Å². The number of anilines is 1. The Labute approximate surface area is 135 Å². The number of benzene rings is 1. The van der Waals surface area contributed by atoms with Crippen molar-refractivity contribution in [3.05, 3.63) is 63.7 Å². The Balaban J connectivity index is 2.15. The first-order valence-electron chi connectivity index (χ1n) is 7.07. The SMILES string of the molecule is [C-]#[N+]CCN(CC[N+]#[C-])c1n[n+](Cc2ccccc2)c(C)s1. The van der Waals surface area contributed by atoms with Crippen LogP contribution in [0.25, 0.3) is 9.69 Å². The van der Waals surface area contributed by atoms with Crippen molar-refractivity contribution < 1.29 is 4.68 Å². The van der Waals surface area contributed by atoms with Crippen molar-refractivity contribution in [1.29, 1.82) is 0 Å². The fourth-order valence-electron chi connectivity index (χ4n) is 2.05. The highest BCUT2D eigenvalue weighted by atomic mass is 32.1. The third kappa shape index (κ3) is 4.28. The molecule has 0 aliphatic carbocycles. The summed E-state index contributed by atoms with van der Waals surface area (Å²) in [5.74, 6) is 0. The second-order valence-corrected chi connectivity index (χ2v) is 5.96. The van der Waals surface area contributed by atoms with E-state index in [2.05, 4.69) is 26.9 Å². The van der Waals surface area contributed by atoms with E-state index >= 15 is 0 Å². The van der Waals surface area contributed by atoms with Gasteiger partial charge in [-0.3, -0.25) is 0 Å². The minimum atomic E-state index is 0.426. The molecule has 0 saturated carbocycles. The van der Waals surface area contributed by atoms with Crippen LogP contribution in [0.4, 0.5) is 5.13 Å². The summed E-state index contributed by atoms with van der Waals surface area (Å²) in [6, 6.07) is 10.2. The average molecular weight is 312 g/mol. The number of aromatic nitrogens is 2. The van der Waals surface area contributed by atoms with Crippen molar-refractivity contribution in [1.82, 2.24) is 5.10 Å². The van der Waals surface area contributed by atoms with E-state index in [1.54, 1.807) is 11.3 Å². The van der Waals surface area contributed by atoms with Crippen LogP contribution in [0.3, 0.4) is 0 Å². The number of aryl methyl sites for hydroxylation is 1. The predicted molar refractivity (Wildman–Crippen MR) is 87.7 cm³/mol. The molecule has 0 bridgehead atoms. The molecule has 2 aromatic rings. The third-order valence-electron chi connectivity index (χ3n) is 3.22. The van der Waals surface area contributed by atoms with Crippen LogP contribution in [0.15, 0.2) is 30.3 Å². The molecule has 22 heavy (non-hydrogen) atoms. The van der Waals surface area contributed by atoms with Crippen molar-refractivity contribution >= 4 is 16.5 Å². The maximum atomic E-state index is 6.95. The lowest BCUT2D eigenvalue weighted by Crippen LogP contribution is -2.39. The topological polar surface area (TPSA) is 28.7 Å². The molecule has 1 aromatic heterocycles. The molecule has 1 aromatic carbocycles. The van der Waals surface area contributed by atoms with Gasteiger partial charge in [0.1, 0.15) is 0 Å². The van der Waals surface area contributed by atoms with E-state index < -0.39 is 0 Å². The van der Waals surface area contributed by atoms with Gasteiger partial charge in [-0.1, -0.05) is 35.0 Å². The van der Waals surface area contributed by atoms with Gasteiger partial charge in [-0.25, -0.2) is 13.1 Å². The van der Waals surface area contributed by atoms with Gasteiger partial charge in [0.2, 0.25) is 19.6 Å². The first kappa shape index (κ1) is 15.9. The summed E-state index contributed by atoms with van der Waals surface area (Å²) < 4.78 is 1.98. The molecule has 5 nitrogen and oxygen atoms in total. The summed E-state index contributed by atoms with van der Waals surface area (Å²) in [7, 11) is 0. The molecule has 6 heteroatoms. The lowest BCUT2D eigenvalue weighted by Gasteiger charge is -2.13. The van der Waals surface area contributed by atoms with Gasteiger partial charge >= 0.3 is 0 Å². The molecule has 0 aliphatic heterocycles. The molecule has 0 unspecified atom stereocenters. The van der Waals surface area contributed by atoms with E-state index in [-0.39, 0.29) is 0 Å². The van der Waals surface area contributed by atoms with Crippen molar-refractivity contribution in [3.8, 4) is 0 Å². The molecule has 1 heterocycles. The fraction of sp³-hybridized carbons (Fsp3) is 0.375. The van der Waals surface area contributed by atoms with E-state index in [1.165, 1.54) is 5.56 Å². The molecule has 0 spiro atoms. The summed E-state index contributed by atoms with van der Waals surface area (Å²) in [6.45, 7) is 18.8. The Morgan fingerprint density at radius 3 is 2.36 bits per heavy atom. The standard InChI is InChI=1S/C16H18N5S/c1-14-21(13-15-7-5-4-6-8-15)19-16(22-14)20(11-9-17-2)12-10-18-3/h4-8H,9-13H2,1H3/q+1. The Bertz CT molecular complexity index is 663. The molecule has 112 valence electrons. The van der Waals surface area contributed by atoms with Gasteiger partial charge in [0, 0.05) is 17.6 Å². The summed E-state index contributed by atoms with van der Waals surface area (Å²) in [5.41, 5.74) is 1.21. The van der Waals surface area contributed by atoms with E-state index in [9.17, 15) is 0 Å². The highest BCUT2D eigenvalue weighted by Gasteiger charge is 2.21. The first-order chi connectivity index (χ1) is 10.7. The molecular weight excluding hydrogens is 294 g/mol. The molecule has 2 rings (SSSR count). The zero-order valence-electron chi connectivity index (χ0n) is 12.6. The maximum absolute atomic E-state index is 6.95. The van der Waals surface area contributed by atoms with Gasteiger partial charge in [0.05, 0.1) is 13.1 Å². The zero-order valence-corrected chi connectivity index (χ0v) is 13.4. The summed E-state index contributed by atoms with van der Waals surface area (Å²) in [5, 5.41) is 6.68. The zero-order chi connectivity index (χ0) is 15.8. The predicted octanol–water partition coefficient (Wildman–Crippen LogP) is 2.43. The largest absolute Gasteiger partial charge is 0.328 e. The van der Waals surface area contributed by atoms with Gasteiger partial charge < -0.3 is 14.6 Å². The van der Waals surface area contributed by atoms with Crippen molar-refractivity contribution in [3.63, 3.8) is 0 Å². The van der Waals surface area contributed by atoms with Crippen LogP contribution in [-0.4, -0.2) is 31.3 Å². The van der Waals surface area contributed by atoms with Crippen molar-refractivity contribution in [2.45, 2.75) is 13.5 Å². The smallest absolute Gasteiger partial charge is 0.264 e. The van der Waals surface area contributed by atoms with Gasteiger partial charge in [-0.15, -0.1) is 0 Å². The average Bonchev–Trinajstić information content (AvgIpc) is 2.89. The molecule has 0 atom stereocenters.